The zero-order valence-corrected chi connectivity index (χ0v) is 18.3. The van der Waals surface area contributed by atoms with E-state index in [1.54, 1.807) is 36.4 Å². The average Bonchev–Trinajstić information content (AvgIpc) is 3.27. The van der Waals surface area contributed by atoms with Gasteiger partial charge in [-0.25, -0.2) is 4.98 Å². The van der Waals surface area contributed by atoms with Crippen LogP contribution in [0.5, 0.6) is 0 Å². The summed E-state index contributed by atoms with van der Waals surface area (Å²) in [5.74, 6) is -0.0164. The zero-order valence-electron chi connectivity index (χ0n) is 15.9. The zero-order chi connectivity index (χ0) is 21.1. The molecule has 4 rings (SSSR count). The number of carbonyl (C=O) groups excluding carboxylic acids is 1. The number of hydrogen-bond donors (Lipinski definition) is 1. The molecule has 2 heterocycles. The van der Waals surface area contributed by atoms with Crippen LogP contribution in [0.3, 0.4) is 0 Å². The highest BCUT2D eigenvalue weighted by Crippen LogP contribution is 2.27. The summed E-state index contributed by atoms with van der Waals surface area (Å²) in [7, 11) is 0. The maximum Gasteiger partial charge on any atom is 0.266 e. The van der Waals surface area contributed by atoms with Gasteiger partial charge in [-0.3, -0.25) is 14.2 Å². The van der Waals surface area contributed by atoms with Gasteiger partial charge in [0.15, 0.2) is 5.16 Å². The van der Waals surface area contributed by atoms with Crippen molar-refractivity contribution in [1.29, 1.82) is 0 Å². The third-order valence-electron chi connectivity index (χ3n) is 4.79. The third-order valence-corrected chi connectivity index (χ3v) is 6.47. The standard InChI is InChI=1S/C21H19Cl2N3O3S/c22-16-8-7-13(10-17(16)23)26-20(28)15-5-1-2-6-18(15)25-21(26)30-12-19(27)24-11-14-4-3-9-29-14/h1-2,5-8,10,14H,3-4,9,11-12H2,(H,24,27). The number of hydrogen-bond acceptors (Lipinski definition) is 5. The predicted octanol–water partition coefficient (Wildman–Crippen LogP) is 4.08. The minimum absolute atomic E-state index is 0.0760. The molecule has 0 bridgehead atoms. The fourth-order valence-corrected chi connectivity index (χ4v) is 4.41. The lowest BCUT2D eigenvalue weighted by molar-refractivity contribution is -0.119. The molecular formula is C21H19Cl2N3O3S. The summed E-state index contributed by atoms with van der Waals surface area (Å²) in [6, 6.07) is 12.1. The van der Waals surface area contributed by atoms with Crippen molar-refractivity contribution in [3.8, 4) is 5.69 Å². The van der Waals surface area contributed by atoms with Crippen molar-refractivity contribution in [3.63, 3.8) is 0 Å². The van der Waals surface area contributed by atoms with E-state index in [0.29, 0.717) is 38.3 Å². The number of nitrogens with one attached hydrogen (secondary N) is 1. The minimum atomic E-state index is -0.235. The molecule has 0 saturated carbocycles. The highest BCUT2D eigenvalue weighted by Gasteiger charge is 2.18. The number of nitrogens with zero attached hydrogens (tertiary/aromatic N) is 2. The van der Waals surface area contributed by atoms with Crippen molar-refractivity contribution < 1.29 is 9.53 Å². The summed E-state index contributed by atoms with van der Waals surface area (Å²) in [5.41, 5.74) is 0.872. The van der Waals surface area contributed by atoms with E-state index in [4.69, 9.17) is 27.9 Å². The molecule has 9 heteroatoms. The molecular weight excluding hydrogens is 445 g/mol. The van der Waals surface area contributed by atoms with Gasteiger partial charge in [-0.05, 0) is 43.2 Å². The lowest BCUT2D eigenvalue weighted by Crippen LogP contribution is -2.33. The van der Waals surface area contributed by atoms with Crippen LogP contribution in [-0.4, -0.2) is 40.5 Å². The van der Waals surface area contributed by atoms with Crippen LogP contribution in [-0.2, 0) is 9.53 Å². The molecule has 6 nitrogen and oxygen atoms in total. The van der Waals surface area contributed by atoms with E-state index in [1.807, 2.05) is 6.07 Å². The topological polar surface area (TPSA) is 73.2 Å². The first-order chi connectivity index (χ1) is 14.5. The number of aromatic nitrogens is 2. The van der Waals surface area contributed by atoms with Crippen molar-refractivity contribution in [2.75, 3.05) is 18.9 Å². The Bertz CT molecular complexity index is 1150. The molecule has 0 aliphatic carbocycles. The Labute approximate surface area is 187 Å². The molecule has 1 aliphatic heterocycles. The highest BCUT2D eigenvalue weighted by atomic mass is 35.5. The molecule has 0 spiro atoms. The van der Waals surface area contributed by atoms with Crippen molar-refractivity contribution in [3.05, 3.63) is 62.9 Å². The summed E-state index contributed by atoms with van der Waals surface area (Å²) in [6.45, 7) is 1.23. The Hall–Kier alpha value is -2.06. The Balaban J connectivity index is 1.63. The number of halogens is 2. The van der Waals surface area contributed by atoms with Crippen molar-refractivity contribution in [2.45, 2.75) is 24.1 Å². The monoisotopic (exact) mass is 463 g/mol. The van der Waals surface area contributed by atoms with Gasteiger partial charge in [0.25, 0.3) is 5.56 Å². The van der Waals surface area contributed by atoms with Crippen LogP contribution in [0.1, 0.15) is 12.8 Å². The molecule has 1 saturated heterocycles. The van der Waals surface area contributed by atoms with Crippen molar-refractivity contribution in [1.82, 2.24) is 14.9 Å². The smallest absolute Gasteiger partial charge is 0.266 e. The number of thioether (sulfide) groups is 1. The number of fused-ring (bicyclic) bond motifs is 1. The Kier molecular flexibility index (Phi) is 6.63. The second-order valence-electron chi connectivity index (χ2n) is 6.88. The van der Waals surface area contributed by atoms with Crippen LogP contribution in [0.15, 0.2) is 52.4 Å². The number of benzene rings is 2. The number of para-hydroxylation sites is 1. The van der Waals surface area contributed by atoms with Gasteiger partial charge in [0.1, 0.15) is 0 Å². The van der Waals surface area contributed by atoms with E-state index in [-0.39, 0.29) is 23.3 Å². The second kappa shape index (κ2) is 9.39. The molecule has 1 N–H and O–H groups in total. The summed E-state index contributed by atoms with van der Waals surface area (Å²) in [5, 5.41) is 4.50. The quantitative estimate of drug-likeness (QED) is 0.440. The van der Waals surface area contributed by atoms with Crippen LogP contribution >= 0.6 is 35.0 Å². The normalized spacial score (nSPS) is 16.1. The van der Waals surface area contributed by atoms with E-state index in [1.165, 1.54) is 16.3 Å². The number of carbonyl (C=O) groups is 1. The SMILES string of the molecule is O=C(CSc1nc2ccccc2c(=O)n1-c1ccc(Cl)c(Cl)c1)NCC1CCCO1. The molecule has 1 unspecified atom stereocenters. The number of amides is 1. The Morgan fingerprint density at radius 2 is 2.07 bits per heavy atom. The Morgan fingerprint density at radius 3 is 2.83 bits per heavy atom. The molecule has 30 heavy (non-hydrogen) atoms. The van der Waals surface area contributed by atoms with E-state index in [0.717, 1.165) is 19.4 Å². The van der Waals surface area contributed by atoms with Gasteiger partial charge in [-0.15, -0.1) is 0 Å². The van der Waals surface area contributed by atoms with Crippen LogP contribution in [0.4, 0.5) is 0 Å². The third kappa shape index (κ3) is 4.64. The van der Waals surface area contributed by atoms with Gasteiger partial charge in [-0.2, -0.15) is 0 Å². The van der Waals surface area contributed by atoms with Gasteiger partial charge in [0.2, 0.25) is 5.91 Å². The first-order valence-electron chi connectivity index (χ1n) is 9.51. The maximum atomic E-state index is 13.2. The van der Waals surface area contributed by atoms with E-state index >= 15 is 0 Å². The maximum absolute atomic E-state index is 13.2. The van der Waals surface area contributed by atoms with E-state index in [2.05, 4.69) is 10.3 Å². The minimum Gasteiger partial charge on any atom is -0.376 e. The van der Waals surface area contributed by atoms with Gasteiger partial charge in [-0.1, -0.05) is 47.1 Å². The number of ether oxygens (including phenoxy) is 1. The van der Waals surface area contributed by atoms with Crippen LogP contribution in [0, 0.1) is 0 Å². The fourth-order valence-electron chi connectivity index (χ4n) is 3.28. The molecule has 2 aromatic carbocycles. The van der Waals surface area contributed by atoms with Crippen molar-refractivity contribution in [2.24, 2.45) is 0 Å². The highest BCUT2D eigenvalue weighted by molar-refractivity contribution is 7.99. The molecule has 0 radical (unpaired) electrons. The fraction of sp³-hybridized carbons (Fsp3) is 0.286. The molecule has 1 atom stereocenters. The van der Waals surface area contributed by atoms with Gasteiger partial charge >= 0.3 is 0 Å². The van der Waals surface area contributed by atoms with Crippen LogP contribution < -0.4 is 10.9 Å². The lowest BCUT2D eigenvalue weighted by atomic mass is 10.2. The summed E-state index contributed by atoms with van der Waals surface area (Å²) >= 11 is 13.4. The summed E-state index contributed by atoms with van der Waals surface area (Å²) < 4.78 is 6.99. The van der Waals surface area contributed by atoms with Crippen molar-refractivity contribution >= 4 is 51.8 Å². The largest absolute Gasteiger partial charge is 0.376 e. The second-order valence-corrected chi connectivity index (χ2v) is 8.64. The lowest BCUT2D eigenvalue weighted by Gasteiger charge is -2.14. The van der Waals surface area contributed by atoms with Crippen LogP contribution in [0.25, 0.3) is 16.6 Å². The molecule has 1 amide bonds. The molecule has 1 aromatic heterocycles. The summed E-state index contributed by atoms with van der Waals surface area (Å²) in [6.07, 6.45) is 2.05. The first kappa shape index (κ1) is 21.2. The van der Waals surface area contributed by atoms with Gasteiger partial charge in [0.05, 0.1) is 38.5 Å². The molecule has 1 aliphatic rings. The van der Waals surface area contributed by atoms with Crippen LogP contribution in [0.2, 0.25) is 10.0 Å². The predicted molar refractivity (Wildman–Crippen MR) is 120 cm³/mol. The van der Waals surface area contributed by atoms with E-state index < -0.39 is 0 Å². The molecule has 156 valence electrons. The first-order valence-corrected chi connectivity index (χ1v) is 11.3. The molecule has 3 aromatic rings. The summed E-state index contributed by atoms with van der Waals surface area (Å²) in [4.78, 5) is 30.2. The Morgan fingerprint density at radius 1 is 1.23 bits per heavy atom. The van der Waals surface area contributed by atoms with Gasteiger partial charge < -0.3 is 10.1 Å². The average molecular weight is 464 g/mol. The number of rotatable bonds is 6. The van der Waals surface area contributed by atoms with E-state index in [9.17, 15) is 9.59 Å². The molecule has 1 fully saturated rings. The van der Waals surface area contributed by atoms with Gasteiger partial charge in [0, 0.05) is 13.2 Å².